The molecule has 0 amide bonds. The summed E-state index contributed by atoms with van der Waals surface area (Å²) in [5.41, 5.74) is 3.28. The lowest BCUT2D eigenvalue weighted by Crippen LogP contribution is -2.13. The molecule has 1 atom stereocenters. The van der Waals surface area contributed by atoms with Crippen LogP contribution in [0.4, 0.5) is 0 Å². The molecule has 0 aliphatic heterocycles. The summed E-state index contributed by atoms with van der Waals surface area (Å²) < 4.78 is 5.61. The summed E-state index contributed by atoms with van der Waals surface area (Å²) in [5.74, 6) is 2.45. The molecule has 1 fully saturated rings. The van der Waals surface area contributed by atoms with Crippen LogP contribution < -0.4 is 4.74 Å². The molecule has 1 aliphatic rings. The van der Waals surface area contributed by atoms with Crippen molar-refractivity contribution in [2.45, 2.75) is 90.4 Å². The van der Waals surface area contributed by atoms with E-state index in [0.29, 0.717) is 23.1 Å². The Hall–Kier alpha value is -2.09. The molecule has 1 saturated carbocycles. The van der Waals surface area contributed by atoms with E-state index in [9.17, 15) is 4.79 Å². The molecule has 0 saturated heterocycles. The summed E-state index contributed by atoms with van der Waals surface area (Å²) in [7, 11) is 0. The first kappa shape index (κ1) is 22.6. The molecule has 2 aromatic rings. The Kier molecular flexibility index (Phi) is 8.54. The second kappa shape index (κ2) is 11.3. The Morgan fingerprint density at radius 2 is 1.60 bits per heavy atom. The number of carbonyl (C=O) groups is 1. The highest BCUT2D eigenvalue weighted by molar-refractivity contribution is 5.91. The minimum atomic E-state index is -0.283. The van der Waals surface area contributed by atoms with Crippen LogP contribution in [0.2, 0.25) is 0 Å². The number of hydrogen-bond donors (Lipinski definition) is 0. The maximum absolute atomic E-state index is 12.5. The second-order valence-electron chi connectivity index (χ2n) is 9.13. The van der Waals surface area contributed by atoms with E-state index >= 15 is 0 Å². The lowest BCUT2D eigenvalue weighted by Gasteiger charge is -2.28. The van der Waals surface area contributed by atoms with Gasteiger partial charge in [0.05, 0.1) is 5.56 Å². The molecule has 0 spiro atoms. The molecule has 2 nitrogen and oxygen atoms in total. The van der Waals surface area contributed by atoms with Crippen molar-refractivity contribution >= 4 is 5.97 Å². The quantitative estimate of drug-likeness (QED) is 0.309. The Bertz CT molecular complexity index is 767. The Balaban J connectivity index is 1.52. The molecule has 2 aromatic carbocycles. The van der Waals surface area contributed by atoms with E-state index in [1.807, 2.05) is 24.3 Å². The van der Waals surface area contributed by atoms with Crippen molar-refractivity contribution < 1.29 is 9.53 Å². The van der Waals surface area contributed by atoms with E-state index in [1.54, 1.807) is 0 Å². The van der Waals surface area contributed by atoms with Crippen molar-refractivity contribution in [3.63, 3.8) is 0 Å². The van der Waals surface area contributed by atoms with Crippen molar-refractivity contribution in [1.29, 1.82) is 0 Å². The summed E-state index contributed by atoms with van der Waals surface area (Å²) in [5, 5.41) is 0. The monoisotopic (exact) mass is 406 g/mol. The van der Waals surface area contributed by atoms with Gasteiger partial charge in [-0.15, -0.1) is 0 Å². The zero-order valence-electron chi connectivity index (χ0n) is 19.0. The maximum Gasteiger partial charge on any atom is 0.343 e. The van der Waals surface area contributed by atoms with Gasteiger partial charge in [0.2, 0.25) is 0 Å². The van der Waals surface area contributed by atoms with Gasteiger partial charge in [0, 0.05) is 0 Å². The summed E-state index contributed by atoms with van der Waals surface area (Å²) in [6.07, 6.45) is 11.7. The van der Waals surface area contributed by atoms with Crippen LogP contribution in [0.5, 0.6) is 5.75 Å². The smallest absolute Gasteiger partial charge is 0.343 e. The van der Waals surface area contributed by atoms with Crippen molar-refractivity contribution in [1.82, 2.24) is 0 Å². The normalized spacial score (nSPS) is 20.0. The lowest BCUT2D eigenvalue weighted by molar-refractivity contribution is 0.0734. The van der Waals surface area contributed by atoms with Crippen LogP contribution in [0.3, 0.4) is 0 Å². The molecular formula is C28H38O2. The van der Waals surface area contributed by atoms with Gasteiger partial charge in [0.25, 0.3) is 0 Å². The predicted molar refractivity (Wildman–Crippen MR) is 125 cm³/mol. The van der Waals surface area contributed by atoms with E-state index in [0.717, 1.165) is 12.3 Å². The highest BCUT2D eigenvalue weighted by Gasteiger charge is 2.22. The van der Waals surface area contributed by atoms with Crippen molar-refractivity contribution in [3.05, 3.63) is 65.2 Å². The van der Waals surface area contributed by atoms with Crippen LogP contribution in [0, 0.1) is 5.92 Å². The number of hydrogen-bond acceptors (Lipinski definition) is 2. The van der Waals surface area contributed by atoms with E-state index in [-0.39, 0.29) is 5.97 Å². The molecule has 1 unspecified atom stereocenters. The largest absolute Gasteiger partial charge is 0.423 e. The van der Waals surface area contributed by atoms with Crippen LogP contribution in [0.25, 0.3) is 0 Å². The average molecular weight is 407 g/mol. The van der Waals surface area contributed by atoms with Crippen LogP contribution >= 0.6 is 0 Å². The fraction of sp³-hybridized carbons (Fsp3) is 0.536. The molecular weight excluding hydrogens is 368 g/mol. The number of rotatable bonds is 9. The van der Waals surface area contributed by atoms with Gasteiger partial charge in [0.15, 0.2) is 0 Å². The topological polar surface area (TPSA) is 26.3 Å². The number of ether oxygens (including phenoxy) is 1. The van der Waals surface area contributed by atoms with Gasteiger partial charge in [-0.1, -0.05) is 70.7 Å². The first-order valence-electron chi connectivity index (χ1n) is 12.0. The van der Waals surface area contributed by atoms with E-state index < -0.39 is 0 Å². The Morgan fingerprint density at radius 3 is 2.20 bits per heavy atom. The second-order valence-corrected chi connectivity index (χ2v) is 9.13. The summed E-state index contributed by atoms with van der Waals surface area (Å²) >= 11 is 0. The molecule has 0 aromatic heterocycles. The van der Waals surface area contributed by atoms with Crippen LogP contribution in [0.15, 0.2) is 48.5 Å². The molecule has 0 N–H and O–H groups in total. The SMILES string of the molecule is CCCCC1CCC(c2ccc(OC(=O)c3ccc(C(C)CCC)cc3)cc2)CC1. The van der Waals surface area contributed by atoms with E-state index in [2.05, 4.69) is 45.0 Å². The molecule has 0 heterocycles. The van der Waals surface area contributed by atoms with E-state index in [4.69, 9.17) is 4.74 Å². The van der Waals surface area contributed by atoms with Gasteiger partial charge in [-0.3, -0.25) is 0 Å². The first-order valence-corrected chi connectivity index (χ1v) is 12.0. The van der Waals surface area contributed by atoms with Gasteiger partial charge < -0.3 is 4.74 Å². The third-order valence-electron chi connectivity index (χ3n) is 6.81. The average Bonchev–Trinajstić information content (AvgIpc) is 2.79. The third-order valence-corrected chi connectivity index (χ3v) is 6.81. The summed E-state index contributed by atoms with van der Waals surface area (Å²) in [4.78, 5) is 12.5. The molecule has 3 rings (SSSR count). The Labute approximate surface area is 183 Å². The minimum absolute atomic E-state index is 0.283. The van der Waals surface area contributed by atoms with Gasteiger partial charge in [-0.25, -0.2) is 4.79 Å². The fourth-order valence-corrected chi connectivity index (χ4v) is 4.80. The van der Waals surface area contributed by atoms with Crippen molar-refractivity contribution in [2.24, 2.45) is 5.92 Å². The number of unbranched alkanes of at least 4 members (excludes halogenated alkanes) is 1. The van der Waals surface area contributed by atoms with E-state index in [1.165, 1.54) is 62.5 Å². The van der Waals surface area contributed by atoms with Gasteiger partial charge in [-0.05, 0) is 85.3 Å². The van der Waals surface area contributed by atoms with Gasteiger partial charge in [-0.2, -0.15) is 0 Å². The molecule has 0 radical (unpaired) electrons. The van der Waals surface area contributed by atoms with Crippen LogP contribution in [-0.2, 0) is 0 Å². The summed E-state index contributed by atoms with van der Waals surface area (Å²) in [6.45, 7) is 6.71. The van der Waals surface area contributed by atoms with Crippen LogP contribution in [-0.4, -0.2) is 5.97 Å². The van der Waals surface area contributed by atoms with Gasteiger partial charge in [0.1, 0.15) is 5.75 Å². The highest BCUT2D eigenvalue weighted by Crippen LogP contribution is 2.38. The van der Waals surface area contributed by atoms with Crippen LogP contribution in [0.1, 0.15) is 112 Å². The fourth-order valence-electron chi connectivity index (χ4n) is 4.80. The molecule has 162 valence electrons. The molecule has 0 bridgehead atoms. The highest BCUT2D eigenvalue weighted by atomic mass is 16.5. The minimum Gasteiger partial charge on any atom is -0.423 e. The molecule has 2 heteroatoms. The molecule has 30 heavy (non-hydrogen) atoms. The number of esters is 1. The predicted octanol–water partition coefficient (Wildman–Crippen LogP) is 8.27. The lowest BCUT2D eigenvalue weighted by atomic mass is 9.77. The third kappa shape index (κ3) is 6.20. The number of benzene rings is 2. The Morgan fingerprint density at radius 1 is 0.933 bits per heavy atom. The summed E-state index contributed by atoms with van der Waals surface area (Å²) in [6, 6.07) is 16.1. The van der Waals surface area contributed by atoms with Crippen molar-refractivity contribution in [3.8, 4) is 5.75 Å². The van der Waals surface area contributed by atoms with Crippen molar-refractivity contribution in [2.75, 3.05) is 0 Å². The first-order chi connectivity index (χ1) is 14.6. The standard InChI is InChI=1S/C28H38O2/c1-4-6-8-22-9-11-24(12-10-22)25-17-19-27(20-18-25)30-28(29)26-15-13-23(14-16-26)21(3)7-5-2/h13-22,24H,4-12H2,1-3H3. The zero-order chi connectivity index (χ0) is 21.3. The molecule has 1 aliphatic carbocycles. The zero-order valence-corrected chi connectivity index (χ0v) is 19.0. The van der Waals surface area contributed by atoms with Gasteiger partial charge >= 0.3 is 5.97 Å². The maximum atomic E-state index is 12.5. The number of carbonyl (C=O) groups excluding carboxylic acids is 1.